The average Bonchev–Trinajstić information content (AvgIpc) is 2.93. The third-order valence-electron chi connectivity index (χ3n) is 3.20. The van der Waals surface area contributed by atoms with Crippen LogP contribution in [0.4, 0.5) is 5.69 Å². The molecule has 0 amide bonds. The first-order valence-corrected chi connectivity index (χ1v) is 6.55. The average molecular weight is 259 g/mol. The number of nitrogens with one attached hydrogen (secondary N) is 2. The highest BCUT2D eigenvalue weighted by atomic mass is 16.5. The van der Waals surface area contributed by atoms with Crippen molar-refractivity contribution in [1.82, 2.24) is 9.97 Å². The lowest BCUT2D eigenvalue weighted by Crippen LogP contribution is -2.30. The molecule has 4 heteroatoms. The molecule has 0 aliphatic carbocycles. The van der Waals surface area contributed by atoms with E-state index in [4.69, 9.17) is 4.74 Å². The highest BCUT2D eigenvalue weighted by molar-refractivity contribution is 5.62. The van der Waals surface area contributed by atoms with Crippen LogP contribution in [0.15, 0.2) is 36.8 Å². The molecular formula is C15H21N3O. The van der Waals surface area contributed by atoms with Crippen molar-refractivity contribution in [3.8, 4) is 11.3 Å². The molecule has 0 saturated heterocycles. The van der Waals surface area contributed by atoms with E-state index in [1.165, 1.54) is 0 Å². The van der Waals surface area contributed by atoms with Gasteiger partial charge in [-0.15, -0.1) is 0 Å². The molecule has 0 aliphatic heterocycles. The SMILES string of the molecule is COCC(Nc1ccc(-c2cnc[nH]2)cc1)C(C)C. The van der Waals surface area contributed by atoms with Gasteiger partial charge < -0.3 is 15.0 Å². The molecule has 2 aromatic rings. The molecule has 102 valence electrons. The molecule has 1 aromatic heterocycles. The van der Waals surface area contributed by atoms with Gasteiger partial charge in [0.05, 0.1) is 30.9 Å². The van der Waals surface area contributed by atoms with Crippen molar-refractivity contribution < 1.29 is 4.74 Å². The summed E-state index contributed by atoms with van der Waals surface area (Å²) in [6.45, 7) is 5.09. The van der Waals surface area contributed by atoms with Gasteiger partial charge in [0.15, 0.2) is 0 Å². The van der Waals surface area contributed by atoms with Crippen LogP contribution in [0, 0.1) is 5.92 Å². The minimum absolute atomic E-state index is 0.322. The number of H-pyrrole nitrogens is 1. The minimum Gasteiger partial charge on any atom is -0.383 e. The van der Waals surface area contributed by atoms with Gasteiger partial charge in [0.2, 0.25) is 0 Å². The fraction of sp³-hybridized carbons (Fsp3) is 0.400. The Kier molecular flexibility index (Phi) is 4.58. The first-order chi connectivity index (χ1) is 9.20. The molecule has 0 fully saturated rings. The van der Waals surface area contributed by atoms with E-state index in [9.17, 15) is 0 Å². The van der Waals surface area contributed by atoms with Crippen LogP contribution >= 0.6 is 0 Å². The molecule has 0 aliphatic rings. The topological polar surface area (TPSA) is 49.9 Å². The molecule has 0 saturated carbocycles. The van der Waals surface area contributed by atoms with Crippen molar-refractivity contribution in [3.05, 3.63) is 36.8 Å². The molecule has 1 aromatic carbocycles. The van der Waals surface area contributed by atoms with E-state index in [1.807, 2.05) is 6.20 Å². The number of hydrogen-bond acceptors (Lipinski definition) is 3. The first-order valence-electron chi connectivity index (χ1n) is 6.55. The number of nitrogens with zero attached hydrogens (tertiary/aromatic N) is 1. The number of aromatic nitrogens is 2. The van der Waals surface area contributed by atoms with E-state index in [0.29, 0.717) is 18.6 Å². The lowest BCUT2D eigenvalue weighted by atomic mass is 10.0. The minimum atomic E-state index is 0.322. The Bertz CT molecular complexity index is 477. The number of anilines is 1. The Morgan fingerprint density at radius 1 is 1.26 bits per heavy atom. The number of ether oxygens (including phenoxy) is 1. The van der Waals surface area contributed by atoms with Crippen LogP contribution in [0.5, 0.6) is 0 Å². The molecule has 4 nitrogen and oxygen atoms in total. The zero-order chi connectivity index (χ0) is 13.7. The van der Waals surface area contributed by atoms with Crippen molar-refractivity contribution in [2.75, 3.05) is 19.0 Å². The van der Waals surface area contributed by atoms with Crippen LogP contribution in [0.2, 0.25) is 0 Å². The van der Waals surface area contributed by atoms with E-state index >= 15 is 0 Å². The molecule has 1 heterocycles. The van der Waals surface area contributed by atoms with Gasteiger partial charge in [0, 0.05) is 12.8 Å². The highest BCUT2D eigenvalue weighted by Crippen LogP contribution is 2.20. The van der Waals surface area contributed by atoms with Gasteiger partial charge in [0.25, 0.3) is 0 Å². The summed E-state index contributed by atoms with van der Waals surface area (Å²) < 4.78 is 5.24. The summed E-state index contributed by atoms with van der Waals surface area (Å²) in [4.78, 5) is 7.13. The van der Waals surface area contributed by atoms with E-state index in [-0.39, 0.29) is 0 Å². The third-order valence-corrected chi connectivity index (χ3v) is 3.20. The summed E-state index contributed by atoms with van der Waals surface area (Å²) in [6, 6.07) is 8.66. The van der Waals surface area contributed by atoms with Gasteiger partial charge in [-0.3, -0.25) is 0 Å². The van der Waals surface area contributed by atoms with Crippen LogP contribution < -0.4 is 5.32 Å². The lowest BCUT2D eigenvalue weighted by molar-refractivity contribution is 0.171. The van der Waals surface area contributed by atoms with Gasteiger partial charge in [-0.1, -0.05) is 26.0 Å². The smallest absolute Gasteiger partial charge is 0.0924 e. The van der Waals surface area contributed by atoms with Crippen LogP contribution in [0.1, 0.15) is 13.8 Å². The number of benzene rings is 1. The van der Waals surface area contributed by atoms with E-state index < -0.39 is 0 Å². The predicted molar refractivity (Wildman–Crippen MR) is 78.1 cm³/mol. The fourth-order valence-electron chi connectivity index (χ4n) is 1.95. The second kappa shape index (κ2) is 6.38. The third kappa shape index (κ3) is 3.58. The summed E-state index contributed by atoms with van der Waals surface area (Å²) in [5.74, 6) is 0.521. The van der Waals surface area contributed by atoms with E-state index in [1.54, 1.807) is 13.4 Å². The van der Waals surface area contributed by atoms with E-state index in [2.05, 4.69) is 53.4 Å². The predicted octanol–water partition coefficient (Wildman–Crippen LogP) is 3.16. The Balaban J connectivity index is 2.06. The Labute approximate surface area is 114 Å². The number of methoxy groups -OCH3 is 1. The highest BCUT2D eigenvalue weighted by Gasteiger charge is 2.12. The summed E-state index contributed by atoms with van der Waals surface area (Å²) >= 11 is 0. The normalized spacial score (nSPS) is 12.6. The monoisotopic (exact) mass is 259 g/mol. The Morgan fingerprint density at radius 3 is 2.53 bits per heavy atom. The summed E-state index contributed by atoms with van der Waals surface area (Å²) in [7, 11) is 1.73. The van der Waals surface area contributed by atoms with E-state index in [0.717, 1.165) is 16.9 Å². The van der Waals surface area contributed by atoms with Gasteiger partial charge in [-0.2, -0.15) is 0 Å². The van der Waals surface area contributed by atoms with Crippen molar-refractivity contribution in [2.45, 2.75) is 19.9 Å². The molecule has 19 heavy (non-hydrogen) atoms. The zero-order valence-corrected chi connectivity index (χ0v) is 11.7. The van der Waals surface area contributed by atoms with Gasteiger partial charge >= 0.3 is 0 Å². The molecule has 2 rings (SSSR count). The quantitative estimate of drug-likeness (QED) is 0.837. The molecular weight excluding hydrogens is 238 g/mol. The van der Waals surface area contributed by atoms with Crippen molar-refractivity contribution in [3.63, 3.8) is 0 Å². The largest absolute Gasteiger partial charge is 0.383 e. The lowest BCUT2D eigenvalue weighted by Gasteiger charge is -2.22. The van der Waals surface area contributed by atoms with Crippen molar-refractivity contribution >= 4 is 5.69 Å². The van der Waals surface area contributed by atoms with Crippen LogP contribution in [-0.2, 0) is 4.74 Å². The molecule has 0 bridgehead atoms. The fourth-order valence-corrected chi connectivity index (χ4v) is 1.95. The number of rotatable bonds is 6. The number of aromatic amines is 1. The van der Waals surface area contributed by atoms with Gasteiger partial charge in [-0.25, -0.2) is 4.98 Å². The number of hydrogen-bond donors (Lipinski definition) is 2. The second-order valence-electron chi connectivity index (χ2n) is 4.99. The maximum absolute atomic E-state index is 5.24. The summed E-state index contributed by atoms with van der Waals surface area (Å²) in [5.41, 5.74) is 3.28. The zero-order valence-electron chi connectivity index (χ0n) is 11.7. The Hall–Kier alpha value is -1.81. The first kappa shape index (κ1) is 13.6. The van der Waals surface area contributed by atoms with Crippen molar-refractivity contribution in [2.24, 2.45) is 5.92 Å². The van der Waals surface area contributed by atoms with Crippen LogP contribution in [0.3, 0.4) is 0 Å². The van der Waals surface area contributed by atoms with Gasteiger partial charge in [0.1, 0.15) is 0 Å². The molecule has 1 atom stereocenters. The maximum atomic E-state index is 5.24. The molecule has 0 radical (unpaired) electrons. The summed E-state index contributed by atoms with van der Waals surface area (Å²) in [5, 5.41) is 3.50. The second-order valence-corrected chi connectivity index (χ2v) is 4.99. The standard InChI is InChI=1S/C15H21N3O/c1-11(2)15(9-19-3)18-13-6-4-12(5-7-13)14-8-16-10-17-14/h4-8,10-11,15,18H,9H2,1-3H3,(H,16,17). The van der Waals surface area contributed by atoms with Gasteiger partial charge in [-0.05, 0) is 23.6 Å². The molecule has 1 unspecified atom stereocenters. The Morgan fingerprint density at radius 2 is 2.00 bits per heavy atom. The molecule has 0 spiro atoms. The number of imidazole rings is 1. The molecule has 2 N–H and O–H groups in total. The van der Waals surface area contributed by atoms with Crippen LogP contribution in [-0.4, -0.2) is 29.7 Å². The summed E-state index contributed by atoms with van der Waals surface area (Å²) in [6.07, 6.45) is 3.51. The maximum Gasteiger partial charge on any atom is 0.0924 e. The van der Waals surface area contributed by atoms with Crippen LogP contribution in [0.25, 0.3) is 11.3 Å². The van der Waals surface area contributed by atoms with Crippen molar-refractivity contribution in [1.29, 1.82) is 0 Å².